The van der Waals surface area contributed by atoms with Crippen molar-refractivity contribution in [3.8, 4) is 0 Å². The zero-order valence-corrected chi connectivity index (χ0v) is 17.8. The number of unbranched alkanes of at least 4 members (excludes halogenated alkanes) is 1. The molecule has 0 radical (unpaired) electrons. The minimum atomic E-state index is -1.58. The van der Waals surface area contributed by atoms with Gasteiger partial charge in [-0.25, -0.2) is 4.79 Å². The van der Waals surface area contributed by atoms with Crippen molar-refractivity contribution >= 4 is 35.6 Å². The van der Waals surface area contributed by atoms with Crippen molar-refractivity contribution in [1.82, 2.24) is 16.0 Å². The van der Waals surface area contributed by atoms with E-state index >= 15 is 0 Å². The highest BCUT2D eigenvalue weighted by molar-refractivity contribution is 5.95. The van der Waals surface area contributed by atoms with Crippen LogP contribution in [0.2, 0.25) is 0 Å². The fourth-order valence-corrected chi connectivity index (χ4v) is 2.52. The Labute approximate surface area is 184 Å². The van der Waals surface area contributed by atoms with Crippen molar-refractivity contribution in [1.29, 1.82) is 0 Å². The standard InChI is InChI=1S/C18H32N6O8/c1-9(22-16(29)10(20)5-6-13(21)25)15(28)24-12(8-14(26)27)17(30)23-11(18(31)32)4-2-3-7-19/h9-12H,2-8,19-20H2,1H3,(H2,21,25)(H,22,29)(H,23,30)(H,24,28)(H,26,27)(H,31,32). The molecule has 0 aliphatic rings. The molecule has 14 heteroatoms. The number of carbonyl (C=O) groups excluding carboxylic acids is 4. The van der Waals surface area contributed by atoms with Gasteiger partial charge in [-0.05, 0) is 39.2 Å². The number of hydrogen-bond acceptors (Lipinski definition) is 8. The monoisotopic (exact) mass is 460 g/mol. The van der Waals surface area contributed by atoms with E-state index in [-0.39, 0.29) is 19.3 Å². The first kappa shape index (κ1) is 28.7. The molecule has 0 spiro atoms. The SMILES string of the molecule is CC(NC(=O)C(N)CCC(N)=O)C(=O)NC(CC(=O)O)C(=O)NC(CCCCN)C(=O)O. The van der Waals surface area contributed by atoms with Crippen molar-refractivity contribution in [2.45, 2.75) is 69.6 Å². The van der Waals surface area contributed by atoms with Crippen molar-refractivity contribution in [3.63, 3.8) is 0 Å². The number of aliphatic carboxylic acids is 2. The van der Waals surface area contributed by atoms with Crippen molar-refractivity contribution in [2.75, 3.05) is 6.54 Å². The molecule has 4 unspecified atom stereocenters. The van der Waals surface area contributed by atoms with Crippen LogP contribution in [0, 0.1) is 0 Å². The molecule has 4 amide bonds. The molecule has 182 valence electrons. The second-order valence-electron chi connectivity index (χ2n) is 7.18. The number of carboxylic acids is 2. The van der Waals surface area contributed by atoms with Gasteiger partial charge in [0.2, 0.25) is 23.6 Å². The van der Waals surface area contributed by atoms with Crippen LogP contribution in [0.1, 0.15) is 45.4 Å². The zero-order valence-electron chi connectivity index (χ0n) is 17.8. The Morgan fingerprint density at radius 1 is 0.844 bits per heavy atom. The van der Waals surface area contributed by atoms with Gasteiger partial charge in [-0.15, -0.1) is 0 Å². The number of nitrogens with one attached hydrogen (secondary N) is 3. The highest BCUT2D eigenvalue weighted by Crippen LogP contribution is 2.03. The Morgan fingerprint density at radius 3 is 1.94 bits per heavy atom. The average Bonchev–Trinajstić information content (AvgIpc) is 2.69. The summed E-state index contributed by atoms with van der Waals surface area (Å²) in [6.45, 7) is 1.62. The van der Waals surface area contributed by atoms with E-state index < -0.39 is 66.2 Å². The second-order valence-corrected chi connectivity index (χ2v) is 7.18. The Kier molecular flexibility index (Phi) is 13.2. The lowest BCUT2D eigenvalue weighted by Gasteiger charge is -2.23. The first-order chi connectivity index (χ1) is 14.9. The predicted octanol–water partition coefficient (Wildman–Crippen LogP) is -3.26. The number of nitrogens with two attached hydrogens (primary N) is 3. The third-order valence-corrected chi connectivity index (χ3v) is 4.36. The summed E-state index contributed by atoms with van der Waals surface area (Å²) in [6.07, 6.45) is 0.0377. The molecule has 0 fully saturated rings. The number of hydrogen-bond donors (Lipinski definition) is 8. The van der Waals surface area contributed by atoms with Crippen LogP contribution in [-0.4, -0.2) is 76.5 Å². The van der Waals surface area contributed by atoms with Crippen LogP contribution in [0.15, 0.2) is 0 Å². The summed E-state index contributed by atoms with van der Waals surface area (Å²) < 4.78 is 0. The largest absolute Gasteiger partial charge is 0.481 e. The predicted molar refractivity (Wildman–Crippen MR) is 111 cm³/mol. The van der Waals surface area contributed by atoms with Crippen molar-refractivity contribution < 1.29 is 39.0 Å². The van der Waals surface area contributed by atoms with Crippen LogP contribution in [0.3, 0.4) is 0 Å². The molecular weight excluding hydrogens is 428 g/mol. The highest BCUT2D eigenvalue weighted by Gasteiger charge is 2.30. The molecule has 0 bridgehead atoms. The molecule has 0 rings (SSSR count). The van der Waals surface area contributed by atoms with E-state index in [9.17, 15) is 33.9 Å². The third kappa shape index (κ3) is 11.8. The smallest absolute Gasteiger partial charge is 0.326 e. The van der Waals surface area contributed by atoms with E-state index in [0.29, 0.717) is 19.4 Å². The Balaban J connectivity index is 5.05. The van der Waals surface area contributed by atoms with Crippen LogP contribution in [-0.2, 0) is 28.8 Å². The maximum atomic E-state index is 12.4. The van der Waals surface area contributed by atoms with Gasteiger partial charge in [-0.3, -0.25) is 24.0 Å². The molecule has 32 heavy (non-hydrogen) atoms. The Hall–Kier alpha value is -3.26. The summed E-state index contributed by atoms with van der Waals surface area (Å²) >= 11 is 0. The number of amides is 4. The van der Waals surface area contributed by atoms with Crippen LogP contribution in [0.4, 0.5) is 0 Å². The number of carboxylic acid groups (broad SMARTS) is 2. The molecule has 0 aliphatic carbocycles. The van der Waals surface area contributed by atoms with Gasteiger partial charge in [-0.2, -0.15) is 0 Å². The maximum Gasteiger partial charge on any atom is 0.326 e. The first-order valence-corrected chi connectivity index (χ1v) is 9.98. The quantitative estimate of drug-likeness (QED) is 0.107. The van der Waals surface area contributed by atoms with Crippen LogP contribution < -0.4 is 33.2 Å². The number of primary amides is 1. The van der Waals surface area contributed by atoms with Gasteiger partial charge in [0.05, 0.1) is 12.5 Å². The minimum Gasteiger partial charge on any atom is -0.481 e. The lowest BCUT2D eigenvalue weighted by molar-refractivity contribution is -0.143. The lowest BCUT2D eigenvalue weighted by atomic mass is 10.1. The topological polar surface area (TPSA) is 257 Å². The lowest BCUT2D eigenvalue weighted by Crippen LogP contribution is -2.56. The maximum absolute atomic E-state index is 12.4. The van der Waals surface area contributed by atoms with E-state index in [2.05, 4.69) is 16.0 Å². The molecule has 0 aromatic heterocycles. The molecule has 0 aromatic rings. The van der Waals surface area contributed by atoms with Crippen molar-refractivity contribution in [2.24, 2.45) is 17.2 Å². The van der Waals surface area contributed by atoms with Gasteiger partial charge in [-0.1, -0.05) is 0 Å². The van der Waals surface area contributed by atoms with Gasteiger partial charge in [0.1, 0.15) is 18.1 Å². The molecule has 0 saturated heterocycles. The molecule has 0 aliphatic heterocycles. The van der Waals surface area contributed by atoms with Gasteiger partial charge in [0.15, 0.2) is 0 Å². The third-order valence-electron chi connectivity index (χ3n) is 4.36. The summed E-state index contributed by atoms with van der Waals surface area (Å²) in [5.74, 6) is -6.02. The van der Waals surface area contributed by atoms with E-state index in [4.69, 9.17) is 22.3 Å². The van der Waals surface area contributed by atoms with Gasteiger partial charge in [0.25, 0.3) is 0 Å². The number of carbonyl (C=O) groups is 6. The summed E-state index contributed by atoms with van der Waals surface area (Å²) in [5.41, 5.74) is 15.9. The number of rotatable bonds is 16. The summed E-state index contributed by atoms with van der Waals surface area (Å²) in [6, 6.07) is -5.19. The fraction of sp³-hybridized carbons (Fsp3) is 0.667. The molecule has 4 atom stereocenters. The molecule has 14 nitrogen and oxygen atoms in total. The first-order valence-electron chi connectivity index (χ1n) is 9.98. The van der Waals surface area contributed by atoms with E-state index in [0.717, 1.165) is 0 Å². The second kappa shape index (κ2) is 14.7. The van der Waals surface area contributed by atoms with E-state index in [1.807, 2.05) is 0 Å². The molecule has 0 heterocycles. The van der Waals surface area contributed by atoms with E-state index in [1.54, 1.807) is 0 Å². The Morgan fingerprint density at radius 2 is 1.44 bits per heavy atom. The van der Waals surface area contributed by atoms with Crippen LogP contribution >= 0.6 is 0 Å². The zero-order chi connectivity index (χ0) is 24.8. The summed E-state index contributed by atoms with van der Waals surface area (Å²) in [7, 11) is 0. The molecule has 11 N–H and O–H groups in total. The van der Waals surface area contributed by atoms with Crippen LogP contribution in [0.25, 0.3) is 0 Å². The normalized spacial score (nSPS) is 14.3. The average molecular weight is 460 g/mol. The van der Waals surface area contributed by atoms with E-state index in [1.165, 1.54) is 6.92 Å². The fourth-order valence-electron chi connectivity index (χ4n) is 2.52. The van der Waals surface area contributed by atoms with Crippen molar-refractivity contribution in [3.05, 3.63) is 0 Å². The van der Waals surface area contributed by atoms with Crippen LogP contribution in [0.5, 0.6) is 0 Å². The van der Waals surface area contributed by atoms with Gasteiger partial charge >= 0.3 is 11.9 Å². The molecule has 0 aromatic carbocycles. The highest BCUT2D eigenvalue weighted by atomic mass is 16.4. The Bertz CT molecular complexity index is 701. The summed E-state index contributed by atoms with van der Waals surface area (Å²) in [4.78, 5) is 70.0. The molecule has 0 saturated carbocycles. The van der Waals surface area contributed by atoms with Gasteiger partial charge < -0.3 is 43.4 Å². The summed E-state index contributed by atoms with van der Waals surface area (Å²) in [5, 5.41) is 24.9. The van der Waals surface area contributed by atoms with Gasteiger partial charge in [0, 0.05) is 6.42 Å². The minimum absolute atomic E-state index is 0.0414. The molecular formula is C18H32N6O8.